The predicted molar refractivity (Wildman–Crippen MR) is 126 cm³/mol. The molecule has 2 aliphatic rings. The number of piperidine rings is 1. The highest BCUT2D eigenvalue weighted by Gasteiger charge is 2.53. The van der Waals surface area contributed by atoms with E-state index in [0.717, 1.165) is 29.6 Å². The number of nitrogens with one attached hydrogen (secondary N) is 1. The van der Waals surface area contributed by atoms with Gasteiger partial charge in [0.2, 0.25) is 0 Å². The van der Waals surface area contributed by atoms with E-state index in [9.17, 15) is 18.0 Å². The monoisotopic (exact) mass is 566 g/mol. The summed E-state index contributed by atoms with van der Waals surface area (Å²) >= 11 is 3.42. The van der Waals surface area contributed by atoms with E-state index in [1.165, 1.54) is 11.3 Å². The Morgan fingerprint density at radius 2 is 2.03 bits per heavy atom. The van der Waals surface area contributed by atoms with Gasteiger partial charge in [0.15, 0.2) is 0 Å². The molecule has 1 aliphatic carbocycles. The van der Waals surface area contributed by atoms with Gasteiger partial charge in [-0.1, -0.05) is 12.1 Å². The van der Waals surface area contributed by atoms with E-state index in [2.05, 4.69) is 5.32 Å². The largest absolute Gasteiger partial charge is 0.444 e. The molecule has 1 aliphatic heterocycles. The molecule has 0 radical (unpaired) electrons. The molecule has 1 saturated carbocycles. The van der Waals surface area contributed by atoms with Crippen LogP contribution in [0.3, 0.4) is 0 Å². The topological polar surface area (TPSA) is 41.6 Å². The minimum atomic E-state index is -4.23. The molecule has 1 aromatic heterocycles. The zero-order valence-electron chi connectivity index (χ0n) is 17.7. The third-order valence-electron chi connectivity index (χ3n) is 5.95. The van der Waals surface area contributed by atoms with Crippen LogP contribution in [0.2, 0.25) is 0 Å². The number of hydrogen-bond donors (Lipinski definition) is 1. The Bertz CT molecular complexity index is 995. The van der Waals surface area contributed by atoms with E-state index >= 15 is 0 Å². The first-order valence-corrected chi connectivity index (χ1v) is 12.3. The van der Waals surface area contributed by atoms with Crippen LogP contribution in [0, 0.1) is 8.30 Å². The molecule has 1 spiro atoms. The van der Waals surface area contributed by atoms with Crippen molar-refractivity contribution in [3.63, 3.8) is 0 Å². The van der Waals surface area contributed by atoms with Gasteiger partial charge in [0.1, 0.15) is 5.60 Å². The van der Waals surface area contributed by atoms with Crippen molar-refractivity contribution in [1.82, 2.24) is 4.90 Å². The average Bonchev–Trinajstić information content (AvgIpc) is 3.33. The fraction of sp³-hybridized carbons (Fsp3) is 0.591. The van der Waals surface area contributed by atoms with E-state index in [0.29, 0.717) is 26.9 Å². The molecule has 1 unspecified atom stereocenters. The Labute approximate surface area is 197 Å². The zero-order valence-corrected chi connectivity index (χ0v) is 20.7. The first-order chi connectivity index (χ1) is 14.4. The molecule has 1 aromatic carbocycles. The quantitative estimate of drug-likeness (QED) is 0.415. The molecule has 0 bridgehead atoms. The van der Waals surface area contributed by atoms with E-state index in [1.54, 1.807) is 11.0 Å². The van der Waals surface area contributed by atoms with Crippen molar-refractivity contribution >= 4 is 55.8 Å². The van der Waals surface area contributed by atoms with E-state index < -0.39 is 18.2 Å². The molecule has 4 rings (SSSR count). The Morgan fingerprint density at radius 1 is 1.32 bits per heavy atom. The number of likely N-dealkylation sites (tertiary alicyclic amines) is 1. The number of ether oxygens (including phenoxy) is 1. The Balaban J connectivity index is 1.53. The van der Waals surface area contributed by atoms with Crippen molar-refractivity contribution in [2.45, 2.75) is 64.3 Å². The smallest absolute Gasteiger partial charge is 0.410 e. The summed E-state index contributed by atoms with van der Waals surface area (Å²) in [4.78, 5) is 14.3. The van der Waals surface area contributed by atoms with Crippen molar-refractivity contribution in [1.29, 1.82) is 0 Å². The molecule has 9 heteroatoms. The summed E-state index contributed by atoms with van der Waals surface area (Å²) in [5, 5.41) is 4.31. The zero-order chi connectivity index (χ0) is 22.6. The number of fused-ring (bicyclic) bond motifs is 1. The first-order valence-electron chi connectivity index (χ1n) is 10.4. The van der Waals surface area contributed by atoms with E-state index in [4.69, 9.17) is 4.74 Å². The van der Waals surface area contributed by atoms with Gasteiger partial charge in [0, 0.05) is 24.5 Å². The molecule has 1 amide bonds. The summed E-state index contributed by atoms with van der Waals surface area (Å²) in [6.07, 6.45) is -2.57. The van der Waals surface area contributed by atoms with Crippen LogP contribution in [-0.2, 0) is 11.2 Å². The summed E-state index contributed by atoms with van der Waals surface area (Å²) in [6.45, 7) is 6.84. The lowest BCUT2D eigenvalue weighted by Gasteiger charge is -2.40. The highest BCUT2D eigenvalue weighted by molar-refractivity contribution is 14.1. The van der Waals surface area contributed by atoms with Gasteiger partial charge in [0.25, 0.3) is 0 Å². The third kappa shape index (κ3) is 5.07. The molecule has 4 nitrogen and oxygen atoms in total. The number of anilines is 1. The number of hydrogen-bond acceptors (Lipinski definition) is 4. The number of carbonyl (C=O) groups is 1. The van der Waals surface area contributed by atoms with E-state index in [-0.39, 0.29) is 17.6 Å². The number of thiophene rings is 1. The van der Waals surface area contributed by atoms with Crippen LogP contribution in [0.15, 0.2) is 18.2 Å². The second-order valence-corrected chi connectivity index (χ2v) is 12.4. The van der Waals surface area contributed by atoms with Crippen LogP contribution in [0.4, 0.5) is 23.7 Å². The van der Waals surface area contributed by atoms with Crippen LogP contribution in [0.5, 0.6) is 0 Å². The second kappa shape index (κ2) is 7.97. The number of alkyl halides is 3. The van der Waals surface area contributed by atoms with Gasteiger partial charge in [-0.25, -0.2) is 4.79 Å². The van der Waals surface area contributed by atoms with Gasteiger partial charge in [0.05, 0.1) is 19.7 Å². The lowest BCUT2D eigenvalue weighted by atomic mass is 9.88. The molecule has 1 saturated heterocycles. The molecule has 1 N–H and O–H groups in total. The minimum Gasteiger partial charge on any atom is -0.444 e. The van der Waals surface area contributed by atoms with Gasteiger partial charge in [-0.15, -0.1) is 11.3 Å². The van der Waals surface area contributed by atoms with Crippen molar-refractivity contribution in [2.24, 2.45) is 5.41 Å². The predicted octanol–water partition coefficient (Wildman–Crippen LogP) is 6.81. The molecule has 2 heterocycles. The van der Waals surface area contributed by atoms with Crippen LogP contribution >= 0.6 is 33.9 Å². The number of halogens is 4. The average molecular weight is 566 g/mol. The molecule has 31 heavy (non-hydrogen) atoms. The highest BCUT2D eigenvalue weighted by atomic mass is 127. The fourth-order valence-electron chi connectivity index (χ4n) is 4.34. The van der Waals surface area contributed by atoms with Crippen molar-refractivity contribution in [3.05, 3.63) is 26.6 Å². The Morgan fingerprint density at radius 3 is 2.65 bits per heavy atom. The Kier molecular flexibility index (Phi) is 5.90. The standard InChI is InChI=1S/C22H26F3IN2O2S/c1-20(2,3)30-19(29)28-10-7-16(21(12-28)8-9-21)27-15-6-4-5-13-14(11-22(23,24)25)18(26)31-17(13)15/h4-6,16,27H,7-12H2,1-3H3. The number of carbonyl (C=O) groups excluding carboxylic acids is 1. The third-order valence-corrected chi connectivity index (χ3v) is 8.33. The lowest BCUT2D eigenvalue weighted by molar-refractivity contribution is -0.127. The maximum Gasteiger partial charge on any atom is 0.410 e. The van der Waals surface area contributed by atoms with Gasteiger partial charge >= 0.3 is 12.3 Å². The molecule has 170 valence electrons. The van der Waals surface area contributed by atoms with Gasteiger partial charge < -0.3 is 15.0 Å². The highest BCUT2D eigenvalue weighted by Crippen LogP contribution is 2.53. The van der Waals surface area contributed by atoms with Gasteiger partial charge in [-0.3, -0.25) is 0 Å². The Hall–Kier alpha value is -1.23. The normalized spacial score (nSPS) is 20.9. The van der Waals surface area contributed by atoms with Crippen LogP contribution in [-0.4, -0.2) is 41.9 Å². The van der Waals surface area contributed by atoms with Crippen LogP contribution < -0.4 is 5.32 Å². The van der Waals surface area contributed by atoms with Crippen molar-refractivity contribution in [3.8, 4) is 0 Å². The van der Waals surface area contributed by atoms with Gasteiger partial charge in [-0.2, -0.15) is 13.2 Å². The summed E-state index contributed by atoms with van der Waals surface area (Å²) < 4.78 is 46.3. The lowest BCUT2D eigenvalue weighted by Crippen LogP contribution is -2.51. The first kappa shape index (κ1) is 22.9. The molecule has 2 aromatic rings. The minimum absolute atomic E-state index is 0.0104. The van der Waals surface area contributed by atoms with E-state index in [1.807, 2.05) is 55.5 Å². The molecular formula is C22H26F3IN2O2S. The molecular weight excluding hydrogens is 540 g/mol. The summed E-state index contributed by atoms with van der Waals surface area (Å²) in [5.74, 6) is 0. The molecule has 2 fully saturated rings. The van der Waals surface area contributed by atoms with Crippen molar-refractivity contribution < 1.29 is 22.7 Å². The van der Waals surface area contributed by atoms with Gasteiger partial charge in [-0.05, 0) is 79.6 Å². The summed E-state index contributed by atoms with van der Waals surface area (Å²) in [7, 11) is 0. The maximum atomic E-state index is 13.1. The second-order valence-electron chi connectivity index (χ2n) is 9.58. The summed E-state index contributed by atoms with van der Waals surface area (Å²) in [5.41, 5.74) is 0.730. The fourth-order valence-corrected chi connectivity index (χ4v) is 6.51. The van der Waals surface area contributed by atoms with Crippen LogP contribution in [0.25, 0.3) is 10.1 Å². The maximum absolute atomic E-state index is 13.1. The number of amides is 1. The van der Waals surface area contributed by atoms with Crippen LogP contribution in [0.1, 0.15) is 45.6 Å². The van der Waals surface area contributed by atoms with Crippen molar-refractivity contribution in [2.75, 3.05) is 18.4 Å². The number of nitrogens with zero attached hydrogens (tertiary/aromatic N) is 1. The number of rotatable bonds is 3. The molecule has 1 atom stereocenters. The summed E-state index contributed by atoms with van der Waals surface area (Å²) in [6, 6.07) is 5.73. The number of benzene rings is 1. The SMILES string of the molecule is CC(C)(C)OC(=O)N1CCC(Nc2cccc3c(CC(F)(F)F)c(I)sc23)C2(CC2)C1.